The predicted octanol–water partition coefficient (Wildman–Crippen LogP) is 4.21. The monoisotopic (exact) mass is 224 g/mol. The molecular weight excluding hydrogens is 215 g/mol. The normalized spacial score (nSPS) is 11.6. The zero-order chi connectivity index (χ0) is 10.7. The van der Waals surface area contributed by atoms with E-state index in [-0.39, 0.29) is 5.82 Å². The van der Waals surface area contributed by atoms with Crippen molar-refractivity contribution in [3.05, 3.63) is 41.9 Å². The van der Waals surface area contributed by atoms with Gasteiger partial charge < -0.3 is 4.42 Å². The number of hydrogen-bond donors (Lipinski definition) is 0. The van der Waals surface area contributed by atoms with E-state index >= 15 is 0 Å². The van der Waals surface area contributed by atoms with Crippen LogP contribution in [0.15, 0.2) is 34.8 Å². The van der Waals surface area contributed by atoms with Gasteiger partial charge in [-0.15, -0.1) is 11.6 Å². The summed E-state index contributed by atoms with van der Waals surface area (Å²) in [5, 5.41) is 0.778. The number of allylic oxidation sites excluding steroid dienone is 1. The van der Waals surface area contributed by atoms with Crippen LogP contribution in [0.25, 0.3) is 17.0 Å². The van der Waals surface area contributed by atoms with Crippen molar-refractivity contribution in [1.82, 2.24) is 0 Å². The van der Waals surface area contributed by atoms with Gasteiger partial charge in [0.15, 0.2) is 11.4 Å². The molecule has 0 radical (unpaired) electrons. The fourth-order valence-corrected chi connectivity index (χ4v) is 1.52. The molecule has 0 saturated heterocycles. The second kappa shape index (κ2) is 4.49. The average molecular weight is 225 g/mol. The lowest BCUT2D eigenvalue weighted by molar-refractivity contribution is 0.554. The molecule has 0 aliphatic rings. The van der Waals surface area contributed by atoms with Crippen molar-refractivity contribution in [2.75, 3.05) is 5.88 Å². The van der Waals surface area contributed by atoms with Crippen LogP contribution in [0.4, 0.5) is 4.39 Å². The van der Waals surface area contributed by atoms with Crippen LogP contribution in [0.3, 0.4) is 0 Å². The van der Waals surface area contributed by atoms with Gasteiger partial charge in [-0.05, 0) is 24.6 Å². The first-order valence-corrected chi connectivity index (χ1v) is 5.25. The van der Waals surface area contributed by atoms with Crippen molar-refractivity contribution >= 4 is 28.6 Å². The van der Waals surface area contributed by atoms with Gasteiger partial charge in [0, 0.05) is 11.3 Å². The van der Waals surface area contributed by atoms with E-state index < -0.39 is 0 Å². The fourth-order valence-electron chi connectivity index (χ4n) is 1.39. The smallest absolute Gasteiger partial charge is 0.170 e. The van der Waals surface area contributed by atoms with Crippen LogP contribution >= 0.6 is 11.6 Å². The van der Waals surface area contributed by atoms with Crippen LogP contribution in [0.5, 0.6) is 0 Å². The maximum Gasteiger partial charge on any atom is 0.170 e. The van der Waals surface area contributed by atoms with E-state index in [1.807, 2.05) is 24.3 Å². The molecule has 1 nitrogen and oxygen atoms in total. The molecule has 78 valence electrons. The molecule has 0 aliphatic heterocycles. The van der Waals surface area contributed by atoms with Crippen LogP contribution < -0.4 is 0 Å². The van der Waals surface area contributed by atoms with Crippen molar-refractivity contribution < 1.29 is 8.81 Å². The maximum atomic E-state index is 13.2. The third kappa shape index (κ3) is 2.21. The number of benzene rings is 1. The first-order chi connectivity index (χ1) is 7.31. The van der Waals surface area contributed by atoms with Gasteiger partial charge in [-0.25, -0.2) is 4.39 Å². The van der Waals surface area contributed by atoms with Crippen LogP contribution in [0.1, 0.15) is 12.2 Å². The first kappa shape index (κ1) is 10.2. The highest BCUT2D eigenvalue weighted by molar-refractivity contribution is 6.17. The van der Waals surface area contributed by atoms with Gasteiger partial charge in [0.05, 0.1) is 0 Å². The number of alkyl halides is 1. The molecule has 0 unspecified atom stereocenters. The fraction of sp³-hybridized carbons (Fsp3) is 0.167. The molecule has 2 rings (SSSR count). The number of halogens is 2. The van der Waals surface area contributed by atoms with E-state index in [9.17, 15) is 4.39 Å². The Morgan fingerprint density at radius 1 is 1.40 bits per heavy atom. The second-order valence-corrected chi connectivity index (χ2v) is 3.56. The number of para-hydroxylation sites is 1. The van der Waals surface area contributed by atoms with E-state index in [2.05, 4.69) is 0 Å². The van der Waals surface area contributed by atoms with E-state index in [0.29, 0.717) is 17.2 Å². The van der Waals surface area contributed by atoms with Gasteiger partial charge in [0.25, 0.3) is 0 Å². The highest BCUT2D eigenvalue weighted by atomic mass is 35.5. The molecule has 0 spiro atoms. The van der Waals surface area contributed by atoms with E-state index in [0.717, 1.165) is 11.8 Å². The summed E-state index contributed by atoms with van der Waals surface area (Å²) in [4.78, 5) is 0. The standard InChI is InChI=1S/C12H10ClFO/c13-7-2-1-5-10-8-9-4-3-6-11(14)12(9)15-10/h1,3-6,8H,2,7H2/b5-1+. The van der Waals surface area contributed by atoms with Gasteiger partial charge in [0.1, 0.15) is 5.76 Å². The Kier molecular flexibility index (Phi) is 3.07. The zero-order valence-electron chi connectivity index (χ0n) is 8.04. The van der Waals surface area contributed by atoms with Gasteiger partial charge in [0.2, 0.25) is 0 Å². The quantitative estimate of drug-likeness (QED) is 0.712. The Bertz CT molecular complexity index is 487. The minimum atomic E-state index is -0.329. The van der Waals surface area contributed by atoms with E-state index in [4.69, 9.17) is 16.0 Å². The highest BCUT2D eigenvalue weighted by Crippen LogP contribution is 2.22. The summed E-state index contributed by atoms with van der Waals surface area (Å²) in [5.41, 5.74) is 0.308. The number of furan rings is 1. The third-order valence-electron chi connectivity index (χ3n) is 2.07. The largest absolute Gasteiger partial charge is 0.454 e. The molecule has 0 bridgehead atoms. The van der Waals surface area contributed by atoms with Gasteiger partial charge in [-0.3, -0.25) is 0 Å². The SMILES string of the molecule is Fc1cccc2cc(/C=C/CCCl)oc12. The Hall–Kier alpha value is -1.28. The lowest BCUT2D eigenvalue weighted by Crippen LogP contribution is -1.70. The molecule has 0 amide bonds. The molecular formula is C12H10ClFO. The molecule has 0 fully saturated rings. The summed E-state index contributed by atoms with van der Waals surface area (Å²) in [6.45, 7) is 0. The molecule has 0 atom stereocenters. The minimum Gasteiger partial charge on any atom is -0.454 e. The topological polar surface area (TPSA) is 13.1 Å². The van der Waals surface area contributed by atoms with Crippen molar-refractivity contribution in [3.8, 4) is 0 Å². The molecule has 2 aromatic rings. The van der Waals surface area contributed by atoms with Gasteiger partial charge >= 0.3 is 0 Å². The summed E-state index contributed by atoms with van der Waals surface area (Å²) in [5.74, 6) is 0.898. The number of fused-ring (bicyclic) bond motifs is 1. The van der Waals surface area contributed by atoms with E-state index in [1.165, 1.54) is 6.07 Å². The molecule has 1 aromatic carbocycles. The average Bonchev–Trinajstić information content (AvgIpc) is 2.63. The minimum absolute atomic E-state index is 0.308. The second-order valence-electron chi connectivity index (χ2n) is 3.19. The summed E-state index contributed by atoms with van der Waals surface area (Å²) < 4.78 is 18.6. The van der Waals surface area contributed by atoms with Crippen molar-refractivity contribution in [1.29, 1.82) is 0 Å². The molecule has 1 aromatic heterocycles. The zero-order valence-corrected chi connectivity index (χ0v) is 8.80. The van der Waals surface area contributed by atoms with Gasteiger partial charge in [-0.2, -0.15) is 0 Å². The lowest BCUT2D eigenvalue weighted by atomic mass is 10.2. The summed E-state index contributed by atoms with van der Waals surface area (Å²) in [6, 6.07) is 6.68. The van der Waals surface area contributed by atoms with Crippen LogP contribution in [0.2, 0.25) is 0 Å². The first-order valence-electron chi connectivity index (χ1n) is 4.72. The summed E-state index contributed by atoms with van der Waals surface area (Å²) >= 11 is 5.53. The molecule has 0 N–H and O–H groups in total. The lowest BCUT2D eigenvalue weighted by Gasteiger charge is -1.88. The van der Waals surface area contributed by atoms with Crippen LogP contribution in [-0.2, 0) is 0 Å². The molecule has 1 heterocycles. The van der Waals surface area contributed by atoms with Crippen molar-refractivity contribution in [2.24, 2.45) is 0 Å². The maximum absolute atomic E-state index is 13.2. The Morgan fingerprint density at radius 3 is 3.00 bits per heavy atom. The predicted molar refractivity (Wildman–Crippen MR) is 60.5 cm³/mol. The van der Waals surface area contributed by atoms with Crippen LogP contribution in [-0.4, -0.2) is 5.88 Å². The molecule has 15 heavy (non-hydrogen) atoms. The van der Waals surface area contributed by atoms with Gasteiger partial charge in [-0.1, -0.05) is 18.2 Å². The molecule has 0 saturated carbocycles. The summed E-state index contributed by atoms with van der Waals surface area (Å²) in [6.07, 6.45) is 4.49. The number of rotatable bonds is 3. The Labute approximate surface area is 92.1 Å². The summed E-state index contributed by atoms with van der Waals surface area (Å²) in [7, 11) is 0. The van der Waals surface area contributed by atoms with Crippen molar-refractivity contribution in [2.45, 2.75) is 6.42 Å². The molecule has 3 heteroatoms. The van der Waals surface area contributed by atoms with E-state index in [1.54, 1.807) is 6.07 Å². The third-order valence-corrected chi connectivity index (χ3v) is 2.29. The Balaban J connectivity index is 2.35. The van der Waals surface area contributed by atoms with Crippen LogP contribution in [0, 0.1) is 5.82 Å². The Morgan fingerprint density at radius 2 is 2.27 bits per heavy atom. The van der Waals surface area contributed by atoms with Crippen molar-refractivity contribution in [3.63, 3.8) is 0 Å². The number of hydrogen-bond acceptors (Lipinski definition) is 1. The highest BCUT2D eigenvalue weighted by Gasteiger charge is 2.05. The molecule has 0 aliphatic carbocycles.